The summed E-state index contributed by atoms with van der Waals surface area (Å²) in [5.41, 5.74) is 5.72. The van der Waals surface area contributed by atoms with Crippen LogP contribution in [0.15, 0.2) is 0 Å². The van der Waals surface area contributed by atoms with Crippen molar-refractivity contribution in [3.05, 3.63) is 0 Å². The summed E-state index contributed by atoms with van der Waals surface area (Å²) in [6.07, 6.45) is -0.243. The van der Waals surface area contributed by atoms with E-state index in [1.165, 1.54) is 0 Å². The van der Waals surface area contributed by atoms with Gasteiger partial charge in [-0.3, -0.25) is 0 Å². The maximum Gasteiger partial charge on any atom is 0.410 e. The summed E-state index contributed by atoms with van der Waals surface area (Å²) in [6.45, 7) is 14.6. The van der Waals surface area contributed by atoms with Crippen LogP contribution in [0.4, 0.5) is 4.79 Å². The fourth-order valence-electron chi connectivity index (χ4n) is 2.16. The molecule has 0 aliphatic heterocycles. The minimum absolute atomic E-state index is 0.128. The lowest BCUT2D eigenvalue weighted by Crippen LogP contribution is -2.42. The summed E-state index contributed by atoms with van der Waals surface area (Å²) in [5.74, 6) is 0.368. The summed E-state index contributed by atoms with van der Waals surface area (Å²) in [7, 11) is 0. The molecule has 106 valence electrons. The first-order valence-electron chi connectivity index (χ1n) is 6.72. The molecule has 1 fully saturated rings. The van der Waals surface area contributed by atoms with E-state index in [0.717, 1.165) is 0 Å². The molecule has 0 aromatic carbocycles. The lowest BCUT2D eigenvalue weighted by Gasteiger charge is -2.30. The second-order valence-electron chi connectivity index (χ2n) is 7.18. The Morgan fingerprint density at radius 2 is 1.83 bits per heavy atom. The number of hydrogen-bond acceptors (Lipinski definition) is 3. The van der Waals surface area contributed by atoms with Crippen molar-refractivity contribution in [3.8, 4) is 0 Å². The first-order valence-corrected chi connectivity index (χ1v) is 6.72. The van der Waals surface area contributed by atoms with Crippen molar-refractivity contribution in [1.82, 2.24) is 4.90 Å². The number of rotatable bonds is 3. The number of ether oxygens (including phenoxy) is 1. The van der Waals surface area contributed by atoms with Gasteiger partial charge in [0, 0.05) is 18.6 Å². The summed E-state index contributed by atoms with van der Waals surface area (Å²) in [4.78, 5) is 13.9. The third kappa shape index (κ3) is 3.37. The number of nitrogens with zero attached hydrogens (tertiary/aromatic N) is 1. The van der Waals surface area contributed by atoms with E-state index in [4.69, 9.17) is 10.5 Å². The van der Waals surface area contributed by atoms with Crippen LogP contribution in [0.1, 0.15) is 48.5 Å². The smallest absolute Gasteiger partial charge is 0.410 e. The van der Waals surface area contributed by atoms with E-state index in [2.05, 4.69) is 13.8 Å². The van der Waals surface area contributed by atoms with Gasteiger partial charge in [-0.25, -0.2) is 4.79 Å². The van der Waals surface area contributed by atoms with Gasteiger partial charge in [0.1, 0.15) is 5.60 Å². The monoisotopic (exact) mass is 256 g/mol. The van der Waals surface area contributed by atoms with Crippen molar-refractivity contribution in [2.45, 2.75) is 66.2 Å². The minimum Gasteiger partial charge on any atom is -0.444 e. The van der Waals surface area contributed by atoms with Crippen LogP contribution in [0.2, 0.25) is 0 Å². The molecule has 1 aliphatic carbocycles. The van der Waals surface area contributed by atoms with E-state index in [0.29, 0.717) is 12.5 Å². The predicted molar refractivity (Wildman–Crippen MR) is 73.3 cm³/mol. The van der Waals surface area contributed by atoms with E-state index in [1.54, 1.807) is 4.90 Å². The second kappa shape index (κ2) is 4.72. The molecule has 0 saturated heterocycles. The van der Waals surface area contributed by atoms with Gasteiger partial charge in [0.05, 0.1) is 0 Å². The fourth-order valence-corrected chi connectivity index (χ4v) is 2.16. The molecule has 4 nitrogen and oxygen atoms in total. The first kappa shape index (κ1) is 15.3. The van der Waals surface area contributed by atoms with Crippen molar-refractivity contribution >= 4 is 6.09 Å². The SMILES string of the molecule is CC(C)N(C[C@@H]1[C@@H](N)C1(C)C)C(=O)OC(C)(C)C. The van der Waals surface area contributed by atoms with Gasteiger partial charge in [0.15, 0.2) is 0 Å². The zero-order valence-corrected chi connectivity index (χ0v) is 12.8. The molecule has 2 N–H and O–H groups in total. The van der Waals surface area contributed by atoms with Crippen LogP contribution in [0.25, 0.3) is 0 Å². The Kier molecular flexibility index (Phi) is 4.01. The van der Waals surface area contributed by atoms with E-state index < -0.39 is 5.60 Å². The van der Waals surface area contributed by atoms with E-state index in [1.807, 2.05) is 34.6 Å². The van der Waals surface area contributed by atoms with Crippen molar-refractivity contribution in [1.29, 1.82) is 0 Å². The summed E-state index contributed by atoms with van der Waals surface area (Å²) in [6, 6.07) is 0.310. The van der Waals surface area contributed by atoms with Gasteiger partial charge in [-0.15, -0.1) is 0 Å². The number of carbonyl (C=O) groups excluding carboxylic acids is 1. The Balaban J connectivity index is 2.65. The highest BCUT2D eigenvalue weighted by Gasteiger charge is 2.56. The van der Waals surface area contributed by atoms with Gasteiger partial charge in [0.25, 0.3) is 0 Å². The lowest BCUT2D eigenvalue weighted by atomic mass is 10.1. The van der Waals surface area contributed by atoms with Crippen molar-refractivity contribution in [3.63, 3.8) is 0 Å². The number of hydrogen-bond donors (Lipinski definition) is 1. The molecule has 4 heteroatoms. The number of amides is 1. The Morgan fingerprint density at radius 1 is 1.39 bits per heavy atom. The van der Waals surface area contributed by atoms with Crippen LogP contribution in [0, 0.1) is 11.3 Å². The maximum atomic E-state index is 12.1. The molecule has 0 spiro atoms. The van der Waals surface area contributed by atoms with E-state index >= 15 is 0 Å². The van der Waals surface area contributed by atoms with Gasteiger partial charge in [-0.2, -0.15) is 0 Å². The highest BCUT2D eigenvalue weighted by molar-refractivity contribution is 5.68. The highest BCUT2D eigenvalue weighted by Crippen LogP contribution is 2.50. The third-order valence-electron chi connectivity index (χ3n) is 3.78. The number of nitrogens with two attached hydrogens (primary N) is 1. The Labute approximate surface area is 111 Å². The van der Waals surface area contributed by atoms with Crippen LogP contribution in [-0.2, 0) is 4.74 Å². The zero-order valence-electron chi connectivity index (χ0n) is 12.8. The third-order valence-corrected chi connectivity index (χ3v) is 3.78. The molecule has 2 atom stereocenters. The number of carbonyl (C=O) groups is 1. The molecular weight excluding hydrogens is 228 g/mol. The molecule has 0 radical (unpaired) electrons. The van der Waals surface area contributed by atoms with Crippen LogP contribution >= 0.6 is 0 Å². The van der Waals surface area contributed by atoms with Gasteiger partial charge >= 0.3 is 6.09 Å². The largest absolute Gasteiger partial charge is 0.444 e. The highest BCUT2D eigenvalue weighted by atomic mass is 16.6. The average Bonchev–Trinajstić information content (AvgIpc) is 2.58. The quantitative estimate of drug-likeness (QED) is 0.844. The van der Waals surface area contributed by atoms with Gasteiger partial charge < -0.3 is 15.4 Å². The average molecular weight is 256 g/mol. The van der Waals surface area contributed by atoms with Gasteiger partial charge in [-0.1, -0.05) is 13.8 Å². The molecule has 1 saturated carbocycles. The predicted octanol–water partition coefficient (Wildman–Crippen LogP) is 2.62. The first-order chi connectivity index (χ1) is 7.97. The topological polar surface area (TPSA) is 55.6 Å². The molecule has 1 amide bonds. The standard InChI is InChI=1S/C14H28N2O2/c1-9(2)16(12(17)18-13(3,4)5)8-10-11(15)14(10,6)7/h9-11H,8,15H2,1-7H3/t10-,11-/m1/s1. The van der Waals surface area contributed by atoms with Crippen molar-refractivity contribution in [2.75, 3.05) is 6.54 Å². The lowest BCUT2D eigenvalue weighted by molar-refractivity contribution is 0.0174. The molecule has 0 heterocycles. The van der Waals surface area contributed by atoms with Crippen LogP contribution in [0.5, 0.6) is 0 Å². The summed E-state index contributed by atoms with van der Waals surface area (Å²) < 4.78 is 5.44. The van der Waals surface area contributed by atoms with Crippen molar-refractivity contribution < 1.29 is 9.53 Å². The molecule has 18 heavy (non-hydrogen) atoms. The van der Waals surface area contributed by atoms with Crippen LogP contribution < -0.4 is 5.73 Å². The minimum atomic E-state index is -0.453. The summed E-state index contributed by atoms with van der Waals surface area (Å²) >= 11 is 0. The molecule has 0 bridgehead atoms. The molecule has 0 unspecified atom stereocenters. The molecule has 0 aromatic rings. The van der Waals surface area contributed by atoms with Crippen LogP contribution in [0.3, 0.4) is 0 Å². The van der Waals surface area contributed by atoms with Crippen LogP contribution in [-0.4, -0.2) is 35.2 Å². The molecule has 0 aromatic heterocycles. The van der Waals surface area contributed by atoms with Gasteiger partial charge in [-0.05, 0) is 46.0 Å². The Morgan fingerprint density at radius 3 is 2.11 bits per heavy atom. The summed E-state index contributed by atoms with van der Waals surface area (Å²) in [5, 5.41) is 0. The fraction of sp³-hybridized carbons (Fsp3) is 0.929. The molecular formula is C14H28N2O2. The second-order valence-corrected chi connectivity index (χ2v) is 7.18. The maximum absolute atomic E-state index is 12.1. The van der Waals surface area contributed by atoms with Crippen molar-refractivity contribution in [2.24, 2.45) is 17.1 Å². The Hall–Kier alpha value is -0.770. The van der Waals surface area contributed by atoms with E-state index in [9.17, 15) is 4.79 Å². The molecule has 1 rings (SSSR count). The zero-order chi connectivity index (χ0) is 14.3. The Bertz CT molecular complexity index is 318. The van der Waals surface area contributed by atoms with E-state index in [-0.39, 0.29) is 23.6 Å². The molecule has 1 aliphatic rings. The van der Waals surface area contributed by atoms with Gasteiger partial charge in [0.2, 0.25) is 0 Å². The normalized spacial score (nSPS) is 26.1.